The van der Waals surface area contributed by atoms with Crippen LogP contribution in [0, 0.1) is 0 Å². The van der Waals surface area contributed by atoms with Crippen LogP contribution in [0.1, 0.15) is 29.7 Å². The lowest BCUT2D eigenvalue weighted by Crippen LogP contribution is -2.26. The topological polar surface area (TPSA) is 81.4 Å². The predicted octanol–water partition coefficient (Wildman–Crippen LogP) is 2.15. The zero-order valence-corrected chi connectivity index (χ0v) is 13.6. The van der Waals surface area contributed by atoms with Gasteiger partial charge in [0.1, 0.15) is 6.61 Å². The Morgan fingerprint density at radius 1 is 1.36 bits per heavy atom. The van der Waals surface area contributed by atoms with E-state index >= 15 is 0 Å². The summed E-state index contributed by atoms with van der Waals surface area (Å²) in [4.78, 5) is 28.1. The highest BCUT2D eigenvalue weighted by Gasteiger charge is 2.26. The predicted molar refractivity (Wildman–Crippen MR) is 92.0 cm³/mol. The molecule has 1 unspecified atom stereocenters. The fourth-order valence-electron chi connectivity index (χ4n) is 3.37. The molecule has 0 amide bonds. The SMILES string of the molecule is CC(O)c1cc2n(c(=O)c1COC=O)Cc1cc3ccccc3nc1-2. The molecule has 0 fully saturated rings. The minimum Gasteiger partial charge on any atom is -0.463 e. The minimum absolute atomic E-state index is 0.158. The first kappa shape index (κ1) is 15.5. The maximum Gasteiger partial charge on any atom is 0.293 e. The second-order valence-corrected chi connectivity index (χ2v) is 6.13. The van der Waals surface area contributed by atoms with Crippen LogP contribution in [-0.2, 0) is 22.7 Å². The normalized spacial score (nSPS) is 13.4. The molecule has 6 nitrogen and oxygen atoms in total. The van der Waals surface area contributed by atoms with Crippen molar-refractivity contribution in [3.8, 4) is 11.4 Å². The zero-order chi connectivity index (χ0) is 17.6. The van der Waals surface area contributed by atoms with Crippen molar-refractivity contribution in [2.24, 2.45) is 0 Å². The third-order valence-electron chi connectivity index (χ3n) is 4.55. The van der Waals surface area contributed by atoms with E-state index in [1.165, 1.54) is 0 Å². The largest absolute Gasteiger partial charge is 0.463 e. The molecule has 6 heteroatoms. The lowest BCUT2D eigenvalue weighted by molar-refractivity contribution is -0.129. The average molecular weight is 336 g/mol. The van der Waals surface area contributed by atoms with E-state index in [9.17, 15) is 14.7 Å². The summed E-state index contributed by atoms with van der Waals surface area (Å²) in [5, 5.41) is 11.1. The molecule has 0 bridgehead atoms. The highest BCUT2D eigenvalue weighted by atomic mass is 16.5. The second kappa shape index (κ2) is 5.82. The van der Waals surface area contributed by atoms with Crippen LogP contribution in [0.4, 0.5) is 0 Å². The number of carbonyl (C=O) groups is 1. The molecule has 0 aliphatic carbocycles. The highest BCUT2D eigenvalue weighted by Crippen LogP contribution is 2.33. The fraction of sp³-hybridized carbons (Fsp3) is 0.211. The number of hydrogen-bond acceptors (Lipinski definition) is 5. The first-order chi connectivity index (χ1) is 12.1. The third kappa shape index (κ3) is 2.42. The van der Waals surface area contributed by atoms with Gasteiger partial charge in [0.05, 0.1) is 35.1 Å². The number of ether oxygens (including phenoxy) is 1. The highest BCUT2D eigenvalue weighted by molar-refractivity contribution is 5.83. The lowest BCUT2D eigenvalue weighted by atomic mass is 10.0. The summed E-state index contributed by atoms with van der Waals surface area (Å²) in [6, 6.07) is 11.6. The maximum absolute atomic E-state index is 12.9. The molecule has 1 N–H and O–H groups in total. The van der Waals surface area contributed by atoms with Crippen LogP contribution in [0.5, 0.6) is 0 Å². The van der Waals surface area contributed by atoms with Gasteiger partial charge in [0.2, 0.25) is 0 Å². The van der Waals surface area contributed by atoms with Crippen LogP contribution in [0.2, 0.25) is 0 Å². The van der Waals surface area contributed by atoms with Gasteiger partial charge in [-0.05, 0) is 30.7 Å². The molecule has 0 saturated heterocycles. The first-order valence-corrected chi connectivity index (χ1v) is 7.99. The van der Waals surface area contributed by atoms with Crippen LogP contribution in [0.25, 0.3) is 22.3 Å². The molecular weight excluding hydrogens is 320 g/mol. The number of carbonyl (C=O) groups excluding carboxylic acids is 1. The van der Waals surface area contributed by atoms with E-state index in [1.54, 1.807) is 17.6 Å². The van der Waals surface area contributed by atoms with Gasteiger partial charge < -0.3 is 14.4 Å². The molecule has 2 aromatic heterocycles. The number of aliphatic hydroxyl groups excluding tert-OH is 1. The van der Waals surface area contributed by atoms with Crippen LogP contribution in [0.15, 0.2) is 41.2 Å². The molecule has 1 aliphatic heterocycles. The average Bonchev–Trinajstić information content (AvgIpc) is 2.96. The summed E-state index contributed by atoms with van der Waals surface area (Å²) in [7, 11) is 0. The molecule has 0 saturated carbocycles. The summed E-state index contributed by atoms with van der Waals surface area (Å²) < 4.78 is 6.39. The molecule has 4 rings (SSSR count). The fourth-order valence-corrected chi connectivity index (χ4v) is 3.37. The van der Waals surface area contributed by atoms with Crippen molar-refractivity contribution in [3.05, 3.63) is 63.4 Å². The van der Waals surface area contributed by atoms with Crippen molar-refractivity contribution in [1.82, 2.24) is 9.55 Å². The number of rotatable bonds is 4. The monoisotopic (exact) mass is 336 g/mol. The van der Waals surface area contributed by atoms with Crippen molar-refractivity contribution >= 4 is 17.4 Å². The summed E-state index contributed by atoms with van der Waals surface area (Å²) in [5.41, 5.74) is 3.73. The van der Waals surface area contributed by atoms with Gasteiger partial charge >= 0.3 is 0 Å². The van der Waals surface area contributed by atoms with E-state index < -0.39 is 6.10 Å². The number of aromatic nitrogens is 2. The first-order valence-electron chi connectivity index (χ1n) is 7.99. The van der Waals surface area contributed by atoms with Crippen LogP contribution < -0.4 is 5.56 Å². The van der Waals surface area contributed by atoms with Gasteiger partial charge in [-0.1, -0.05) is 18.2 Å². The van der Waals surface area contributed by atoms with Crippen molar-refractivity contribution in [1.29, 1.82) is 0 Å². The van der Waals surface area contributed by atoms with Crippen LogP contribution in [-0.4, -0.2) is 21.1 Å². The quantitative estimate of drug-likeness (QED) is 0.578. The zero-order valence-electron chi connectivity index (χ0n) is 13.6. The molecule has 25 heavy (non-hydrogen) atoms. The minimum atomic E-state index is -0.853. The number of para-hydroxylation sites is 1. The van der Waals surface area contributed by atoms with Gasteiger partial charge in [0.25, 0.3) is 12.0 Å². The Bertz CT molecular complexity index is 1050. The van der Waals surface area contributed by atoms with Gasteiger partial charge in [-0.25, -0.2) is 4.98 Å². The molecule has 1 aliphatic rings. The number of nitrogens with zero attached hydrogens (tertiary/aromatic N) is 2. The Morgan fingerprint density at radius 3 is 2.92 bits per heavy atom. The Morgan fingerprint density at radius 2 is 2.16 bits per heavy atom. The molecular formula is C19H16N2O4. The Balaban J connectivity index is 1.95. The van der Waals surface area contributed by atoms with Gasteiger partial charge in [-0.15, -0.1) is 0 Å². The molecule has 1 aromatic carbocycles. The molecule has 1 atom stereocenters. The van der Waals surface area contributed by atoms with E-state index in [4.69, 9.17) is 9.72 Å². The molecule has 3 heterocycles. The molecule has 0 radical (unpaired) electrons. The third-order valence-corrected chi connectivity index (χ3v) is 4.55. The smallest absolute Gasteiger partial charge is 0.293 e. The summed E-state index contributed by atoms with van der Waals surface area (Å²) in [6.45, 7) is 2.14. The molecule has 0 spiro atoms. The Kier molecular flexibility index (Phi) is 3.62. The standard InChI is InChI=1S/C19H16N2O4/c1-11(23)14-7-17-18-13(6-12-4-2-3-5-16(12)20-18)8-21(17)19(24)15(14)9-25-10-22/h2-7,10-11,23H,8-9H2,1H3. The van der Waals surface area contributed by atoms with Crippen molar-refractivity contribution < 1.29 is 14.6 Å². The summed E-state index contributed by atoms with van der Waals surface area (Å²) in [5.74, 6) is 0. The number of aliphatic hydroxyl groups is 1. The van der Waals surface area contributed by atoms with E-state index in [0.29, 0.717) is 29.8 Å². The summed E-state index contributed by atoms with van der Waals surface area (Å²) in [6.07, 6.45) is -0.853. The number of hydrogen-bond donors (Lipinski definition) is 1. The second-order valence-electron chi connectivity index (χ2n) is 6.13. The van der Waals surface area contributed by atoms with E-state index in [0.717, 1.165) is 22.2 Å². The molecule has 3 aromatic rings. The van der Waals surface area contributed by atoms with Gasteiger partial charge in [-0.2, -0.15) is 0 Å². The van der Waals surface area contributed by atoms with Crippen molar-refractivity contribution in [3.63, 3.8) is 0 Å². The number of fused-ring (bicyclic) bond motifs is 4. The van der Waals surface area contributed by atoms with E-state index in [2.05, 4.69) is 0 Å². The van der Waals surface area contributed by atoms with Gasteiger partial charge in [0, 0.05) is 10.9 Å². The Labute approximate surface area is 143 Å². The van der Waals surface area contributed by atoms with Crippen molar-refractivity contribution in [2.45, 2.75) is 26.2 Å². The number of benzene rings is 1. The maximum atomic E-state index is 12.9. The number of pyridine rings is 2. The van der Waals surface area contributed by atoms with Crippen LogP contribution >= 0.6 is 0 Å². The van der Waals surface area contributed by atoms with Gasteiger partial charge in [0.15, 0.2) is 0 Å². The summed E-state index contributed by atoms with van der Waals surface area (Å²) >= 11 is 0. The van der Waals surface area contributed by atoms with Gasteiger partial charge in [-0.3, -0.25) is 9.59 Å². The lowest BCUT2D eigenvalue weighted by Gasteiger charge is -2.14. The Hall–Kier alpha value is -2.99. The van der Waals surface area contributed by atoms with E-state index in [1.807, 2.05) is 30.3 Å². The van der Waals surface area contributed by atoms with E-state index in [-0.39, 0.29) is 12.2 Å². The van der Waals surface area contributed by atoms with Crippen molar-refractivity contribution in [2.75, 3.05) is 0 Å². The molecule has 126 valence electrons. The van der Waals surface area contributed by atoms with Crippen LogP contribution in [0.3, 0.4) is 0 Å².